The first-order valence-corrected chi connectivity index (χ1v) is 32.1. The first-order chi connectivity index (χ1) is 23.9. The second-order valence-electron chi connectivity index (χ2n) is 4.88. The fourth-order valence-electron chi connectivity index (χ4n) is 0.136. The second-order valence-corrected chi connectivity index (χ2v) is 30.5. The van der Waals surface area contributed by atoms with Crippen LogP contribution >= 0.6 is 25.0 Å². The van der Waals surface area contributed by atoms with Gasteiger partial charge in [0.25, 0.3) is 0 Å². The molecular formula is C19H46BF7NO6S18. The van der Waals surface area contributed by atoms with Gasteiger partial charge in [-0.1, -0.05) is 21.3 Å². The summed E-state index contributed by atoms with van der Waals surface area (Å²) in [5.74, 6) is -0.245. The van der Waals surface area contributed by atoms with Gasteiger partial charge in [0.1, 0.15) is 0 Å². The van der Waals surface area contributed by atoms with Gasteiger partial charge in [0.05, 0.1) is 28.6 Å². The van der Waals surface area contributed by atoms with Crippen molar-refractivity contribution < 1.29 is 59.2 Å². The van der Waals surface area contributed by atoms with Gasteiger partial charge in [0.2, 0.25) is 0 Å². The van der Waals surface area contributed by atoms with Crippen molar-refractivity contribution in [1.29, 1.82) is 0 Å². The third-order valence-electron chi connectivity index (χ3n) is 1.76. The Balaban J connectivity index is -0.0000000441. The number of rotatable bonds is 3. The average molecular weight is 1110 g/mol. The van der Waals surface area contributed by atoms with Crippen molar-refractivity contribution in [3.8, 4) is 0 Å². The minimum absolute atomic E-state index is 0. The number of thiol groups is 1. The number of carbonyl (C=O) groups excluding carboxylic acids is 1. The molecule has 0 aliphatic rings. The van der Waals surface area contributed by atoms with Gasteiger partial charge in [-0.15, -0.1) is 0 Å². The van der Waals surface area contributed by atoms with E-state index < -0.39 is 19.1 Å². The van der Waals surface area contributed by atoms with Crippen LogP contribution in [0.5, 0.6) is 0 Å². The average Bonchev–Trinajstić information content (AvgIpc) is 3.12. The van der Waals surface area contributed by atoms with Crippen LogP contribution in [-0.4, -0.2) is 87.6 Å². The zero-order chi connectivity index (χ0) is 43.0. The van der Waals surface area contributed by atoms with E-state index in [4.69, 9.17) is 22.4 Å². The van der Waals surface area contributed by atoms with Crippen molar-refractivity contribution in [2.75, 3.05) is 56.8 Å². The first-order valence-electron chi connectivity index (χ1n) is 11.3. The zero-order valence-corrected chi connectivity index (χ0v) is 44.0. The molecule has 1 radical (unpaired) electrons. The van der Waals surface area contributed by atoms with Gasteiger partial charge in [-0.25, -0.2) is 4.39 Å². The minimum atomic E-state index is -2.96. The molecule has 0 aliphatic carbocycles. The van der Waals surface area contributed by atoms with Crippen LogP contribution in [-0.2, 0) is 175 Å². The summed E-state index contributed by atoms with van der Waals surface area (Å²) >= 11 is 17.1. The van der Waals surface area contributed by atoms with Crippen LogP contribution in [0.4, 0.5) is 30.7 Å². The first kappa shape index (κ1) is 82.4. The summed E-state index contributed by atoms with van der Waals surface area (Å²) in [5, 5.41) is 0.588. The Hall–Kier alpha value is 2.48. The van der Waals surface area contributed by atoms with E-state index in [1.54, 1.807) is 121 Å². The molecule has 0 spiro atoms. The molecule has 33 heteroatoms. The molecule has 0 N–H and O–H groups in total. The monoisotopic (exact) mass is 1100 g/mol. The standard InChI is InChI=1S/2C3H6F2O.C3H6O2.C3H6OS.C2H5FO.C2H6.2CH3F.CH4.BHNS.S16/c2*1-3(4,5)6-2;1-3(4)5-2;1-3(5)4-2;1-4-2-3;3*1-2;;1-2-3;1-3-5-7-9-11-13-15-16-14-12-10-8-6-4-2/h2*1-2H3;2*1-2H3;2H2,1H3;1-2H3;2*1H3;1H4;3H;. The molecule has 323 valence electrons. The van der Waals surface area contributed by atoms with Gasteiger partial charge >= 0.3 is 42.9 Å². The van der Waals surface area contributed by atoms with Crippen molar-refractivity contribution in [1.82, 2.24) is 0 Å². The number of methoxy groups -OCH3 is 5. The summed E-state index contributed by atoms with van der Waals surface area (Å²) in [6, 6.07) is 0. The molecule has 0 bridgehead atoms. The van der Waals surface area contributed by atoms with E-state index in [1.165, 1.54) is 38.9 Å². The van der Waals surface area contributed by atoms with Crippen molar-refractivity contribution in [2.45, 2.75) is 61.2 Å². The van der Waals surface area contributed by atoms with Crippen LogP contribution in [0.3, 0.4) is 0 Å². The van der Waals surface area contributed by atoms with Gasteiger partial charge in [-0.3, -0.25) is 13.6 Å². The number of nitrogens with zero attached hydrogens (tertiary/aromatic N) is 1. The fraction of sp³-hybridized carbons (Fsp3) is 0.895. The molecule has 52 heavy (non-hydrogen) atoms. The normalized spacial score (nSPS) is 7.46. The van der Waals surface area contributed by atoms with E-state index in [0.717, 1.165) is 14.2 Å². The molecule has 7 nitrogen and oxygen atoms in total. The quantitative estimate of drug-likeness (QED) is 0.104. The molecule has 0 atom stereocenters. The molecular weight excluding hydrogens is 1060 g/mol. The van der Waals surface area contributed by atoms with Gasteiger partial charge in [-0.2, -0.15) is 17.6 Å². The molecule has 0 unspecified atom stereocenters. The third kappa shape index (κ3) is 198. The fourth-order valence-corrected chi connectivity index (χ4v) is 33.1. The van der Waals surface area contributed by atoms with Gasteiger partial charge in [0.15, 0.2) is 11.9 Å². The Labute approximate surface area is 367 Å². The summed E-state index contributed by atoms with van der Waals surface area (Å²) in [6.07, 6.45) is -5.92. The van der Waals surface area contributed by atoms with E-state index in [1.807, 2.05) is 13.8 Å². The summed E-state index contributed by atoms with van der Waals surface area (Å²) in [4.78, 5) is 9.59. The SMILES string of the molecule is C.CC.CF.CF.COC(C)(F)F.COC(C)(F)F.COC(C)=O.COC(C)=S.COCF.S=S=S=S=S=S=S=S=S=S=S=S=S=S=S=S.[B]=NS. The van der Waals surface area contributed by atoms with Crippen molar-refractivity contribution in [2.24, 2.45) is 4.30 Å². The van der Waals surface area contributed by atoms with Crippen LogP contribution in [0.25, 0.3) is 0 Å². The van der Waals surface area contributed by atoms with E-state index in [2.05, 4.69) is 60.7 Å². The van der Waals surface area contributed by atoms with Crippen LogP contribution in [0, 0.1) is 0 Å². The Kier molecular flexibility index (Phi) is 136. The Bertz CT molecular complexity index is 1260. The van der Waals surface area contributed by atoms with Crippen molar-refractivity contribution in [3.63, 3.8) is 0 Å². The predicted octanol–water partition coefficient (Wildman–Crippen LogP) is 7.19. The molecule has 0 heterocycles. The molecule has 0 aromatic carbocycles. The van der Waals surface area contributed by atoms with Crippen LogP contribution in [0.1, 0.15) is 49.0 Å². The van der Waals surface area contributed by atoms with Gasteiger partial charge < -0.3 is 23.7 Å². The molecule has 0 fully saturated rings. The number of thiocarbonyl (C=S) groups is 1. The maximum absolute atomic E-state index is 11.2. The second kappa shape index (κ2) is 85.6. The van der Waals surface area contributed by atoms with E-state index in [-0.39, 0.29) is 13.4 Å². The van der Waals surface area contributed by atoms with Crippen molar-refractivity contribution >= 4 is 190 Å². The third-order valence-corrected chi connectivity index (χ3v) is 30.8. The predicted molar refractivity (Wildman–Crippen MR) is 258 cm³/mol. The number of alkyl halides is 7. The molecule has 0 saturated heterocycles. The summed E-state index contributed by atoms with van der Waals surface area (Å²) in [6.45, 7) is 7.79. The van der Waals surface area contributed by atoms with E-state index in [0.29, 0.717) is 33.3 Å². The molecule has 0 aromatic rings. The molecule has 0 amide bonds. The van der Waals surface area contributed by atoms with Gasteiger partial charge in [0, 0.05) is 196 Å². The number of hydrogen-bond acceptors (Lipinski definition) is 11. The summed E-state index contributed by atoms with van der Waals surface area (Å²) in [7, 11) is 35.0. The zero-order valence-electron chi connectivity index (χ0n) is 29.2. The van der Waals surface area contributed by atoms with Crippen LogP contribution < -0.4 is 0 Å². The van der Waals surface area contributed by atoms with Crippen molar-refractivity contribution in [3.05, 3.63) is 0 Å². The summed E-state index contributed by atoms with van der Waals surface area (Å²) < 4.78 is 96.8. The Morgan fingerprint density at radius 1 is 0.673 bits per heavy atom. The van der Waals surface area contributed by atoms with E-state index in [9.17, 15) is 35.5 Å². The van der Waals surface area contributed by atoms with E-state index >= 15 is 0 Å². The molecule has 0 saturated carbocycles. The van der Waals surface area contributed by atoms with Crippen LogP contribution in [0.15, 0.2) is 4.30 Å². The topological polar surface area (TPSA) is 75.6 Å². The Morgan fingerprint density at radius 3 is 0.865 bits per heavy atom. The number of esters is 1. The molecule has 0 aliphatic heterocycles. The van der Waals surface area contributed by atoms with Gasteiger partial charge in [-0.05, 0) is 12.2 Å². The van der Waals surface area contributed by atoms with Crippen LogP contribution in [0.2, 0.25) is 0 Å². The number of ether oxygens (including phenoxy) is 5. The molecule has 0 rings (SSSR count). The molecule has 0 aromatic heterocycles. The summed E-state index contributed by atoms with van der Waals surface area (Å²) in [5.41, 5.74) is 0. The number of hydrogen-bond donors (Lipinski definition) is 1. The number of carbonyl (C=O) groups is 1. The Morgan fingerprint density at radius 2 is 0.808 bits per heavy atom. The maximum atomic E-state index is 11.2. The number of halogens is 7.